The maximum Gasteiger partial charge on any atom is 0.306 e. The fourth-order valence-electron chi connectivity index (χ4n) is 6.26. The third-order valence-corrected chi connectivity index (χ3v) is 10.0. The van der Waals surface area contributed by atoms with Crippen molar-refractivity contribution in [1.82, 2.24) is 0 Å². The third-order valence-electron chi connectivity index (χ3n) is 10.0. The van der Waals surface area contributed by atoms with Gasteiger partial charge in [0.15, 0.2) is 6.10 Å². The van der Waals surface area contributed by atoms with Gasteiger partial charge in [-0.25, -0.2) is 0 Å². The summed E-state index contributed by atoms with van der Waals surface area (Å²) in [5, 5.41) is 0. The first kappa shape index (κ1) is 61.0. The van der Waals surface area contributed by atoms with Crippen LogP contribution in [0.1, 0.15) is 181 Å². The van der Waals surface area contributed by atoms with E-state index in [1.54, 1.807) is 0 Å². The van der Waals surface area contributed by atoms with Crippen molar-refractivity contribution in [3.63, 3.8) is 0 Å². The van der Waals surface area contributed by atoms with Crippen molar-refractivity contribution in [1.29, 1.82) is 0 Å². The number of carbonyl (C=O) groups excluding carboxylic acids is 3. The molecule has 0 aliphatic carbocycles. The third kappa shape index (κ3) is 50.0. The average molecular weight is 907 g/mol. The van der Waals surface area contributed by atoms with Crippen LogP contribution in [-0.2, 0) is 28.6 Å². The molecule has 0 spiro atoms. The molecule has 0 radical (unpaired) electrons. The van der Waals surface area contributed by atoms with Crippen molar-refractivity contribution >= 4 is 17.9 Å². The van der Waals surface area contributed by atoms with Crippen LogP contribution in [0.15, 0.2) is 158 Å². The summed E-state index contributed by atoms with van der Waals surface area (Å²) in [4.78, 5) is 38.0. The van der Waals surface area contributed by atoms with E-state index in [2.05, 4.69) is 93.7 Å². The second kappa shape index (κ2) is 52.7. The molecule has 0 fully saturated rings. The number of allylic oxidation sites excluding steroid dienone is 26. The number of esters is 3. The van der Waals surface area contributed by atoms with Gasteiger partial charge in [0, 0.05) is 19.3 Å². The highest BCUT2D eigenvalue weighted by atomic mass is 16.6. The van der Waals surface area contributed by atoms with Crippen molar-refractivity contribution in [2.24, 2.45) is 0 Å². The first-order chi connectivity index (χ1) is 32.5. The number of ether oxygens (including phenoxy) is 3. The predicted molar refractivity (Wildman–Crippen MR) is 283 cm³/mol. The standard InChI is InChI=1S/C60H90O6/c1-4-7-10-13-16-19-22-25-28-29-30-33-35-38-41-44-47-50-53-59(62)65-56-57(66-60(63)54-51-48-45-42-39-36-32-27-24-21-18-15-12-9-6-3)55-64-58(61)52-49-46-43-40-37-34-31-26-23-20-17-14-11-8-5-2/h8-25,27-30,32-33,36,39,57H,4-7,26,31,34-35,37-38,40-56H2,1-3H3/b11-8-,12-9-,13-10-,17-14-,18-15-,19-16-,23-20-,24-21-,25-22-,29-28-,32-27-,33-30-,39-36-. The maximum absolute atomic E-state index is 12.8. The van der Waals surface area contributed by atoms with E-state index in [1.165, 1.54) is 25.7 Å². The Kier molecular flexibility index (Phi) is 48.7. The molecular formula is C60H90O6. The van der Waals surface area contributed by atoms with Gasteiger partial charge in [-0.2, -0.15) is 0 Å². The number of hydrogen-bond donors (Lipinski definition) is 0. The largest absolute Gasteiger partial charge is 0.462 e. The van der Waals surface area contributed by atoms with Crippen LogP contribution in [0.5, 0.6) is 0 Å². The summed E-state index contributed by atoms with van der Waals surface area (Å²) in [7, 11) is 0. The van der Waals surface area contributed by atoms with Crippen LogP contribution < -0.4 is 0 Å². The van der Waals surface area contributed by atoms with E-state index in [0.717, 1.165) is 109 Å². The summed E-state index contributed by atoms with van der Waals surface area (Å²) in [6.45, 7) is 6.18. The Hall–Kier alpha value is -4.97. The van der Waals surface area contributed by atoms with Crippen LogP contribution in [0.4, 0.5) is 0 Å². The van der Waals surface area contributed by atoms with Crippen LogP contribution in [0.3, 0.4) is 0 Å². The van der Waals surface area contributed by atoms with Gasteiger partial charge in [-0.05, 0) is 77.0 Å². The lowest BCUT2D eigenvalue weighted by Gasteiger charge is -2.18. The molecule has 0 aromatic heterocycles. The molecule has 0 heterocycles. The molecule has 0 aromatic carbocycles. The Bertz CT molecular complexity index is 1560. The van der Waals surface area contributed by atoms with Gasteiger partial charge in [0.1, 0.15) is 13.2 Å². The molecule has 66 heavy (non-hydrogen) atoms. The first-order valence-electron chi connectivity index (χ1n) is 25.7. The SMILES string of the molecule is CC\C=C/C=C\C=C/C=C\C=C/CCCCCC(=O)OC(COC(=O)CCCCCCC\C=C/C=C\C=C/C=C\C=C/CCC)COC(=O)CCCCCCCCC\C=C/C=C\C=C/CC. The lowest BCUT2D eigenvalue weighted by atomic mass is 10.1. The van der Waals surface area contributed by atoms with Gasteiger partial charge >= 0.3 is 17.9 Å². The summed E-state index contributed by atoms with van der Waals surface area (Å²) < 4.78 is 16.7. The molecule has 6 heteroatoms. The van der Waals surface area contributed by atoms with E-state index in [4.69, 9.17) is 14.2 Å². The number of hydrogen-bond acceptors (Lipinski definition) is 6. The molecule has 0 N–H and O–H groups in total. The van der Waals surface area contributed by atoms with Gasteiger partial charge < -0.3 is 14.2 Å². The Morgan fingerprint density at radius 3 is 0.939 bits per heavy atom. The minimum Gasteiger partial charge on any atom is -0.462 e. The Morgan fingerprint density at radius 1 is 0.318 bits per heavy atom. The van der Waals surface area contributed by atoms with E-state index in [-0.39, 0.29) is 37.5 Å². The van der Waals surface area contributed by atoms with Gasteiger partial charge in [0.25, 0.3) is 0 Å². The Labute approximate surface area is 403 Å². The van der Waals surface area contributed by atoms with Crippen molar-refractivity contribution in [2.45, 2.75) is 187 Å². The van der Waals surface area contributed by atoms with E-state index in [0.29, 0.717) is 19.3 Å². The summed E-state index contributed by atoms with van der Waals surface area (Å²) in [5.41, 5.74) is 0. The first-order valence-corrected chi connectivity index (χ1v) is 25.7. The molecule has 0 bridgehead atoms. The average Bonchev–Trinajstić information content (AvgIpc) is 3.31. The highest BCUT2D eigenvalue weighted by molar-refractivity contribution is 5.71. The molecule has 0 saturated carbocycles. The molecule has 0 aliphatic heterocycles. The summed E-state index contributed by atoms with van der Waals surface area (Å²) >= 11 is 0. The zero-order valence-corrected chi connectivity index (χ0v) is 41.6. The molecular weight excluding hydrogens is 817 g/mol. The van der Waals surface area contributed by atoms with Gasteiger partial charge in [-0.15, -0.1) is 0 Å². The van der Waals surface area contributed by atoms with Crippen LogP contribution in [0, 0.1) is 0 Å². The zero-order valence-electron chi connectivity index (χ0n) is 41.6. The minimum absolute atomic E-state index is 0.119. The van der Waals surface area contributed by atoms with E-state index >= 15 is 0 Å². The monoisotopic (exact) mass is 907 g/mol. The topological polar surface area (TPSA) is 78.9 Å². The smallest absolute Gasteiger partial charge is 0.306 e. The summed E-state index contributed by atoms with van der Waals surface area (Å²) in [6, 6.07) is 0. The highest BCUT2D eigenvalue weighted by Gasteiger charge is 2.19. The van der Waals surface area contributed by atoms with Gasteiger partial charge in [-0.3, -0.25) is 14.4 Å². The Morgan fingerprint density at radius 2 is 0.591 bits per heavy atom. The van der Waals surface area contributed by atoms with Crippen LogP contribution >= 0.6 is 0 Å². The normalized spacial score (nSPS) is 13.4. The van der Waals surface area contributed by atoms with Crippen LogP contribution in [0.2, 0.25) is 0 Å². The lowest BCUT2D eigenvalue weighted by molar-refractivity contribution is -0.167. The molecule has 1 unspecified atom stereocenters. The fraction of sp³-hybridized carbons (Fsp3) is 0.517. The van der Waals surface area contributed by atoms with Gasteiger partial charge in [0.05, 0.1) is 0 Å². The molecule has 0 aromatic rings. The summed E-state index contributed by atoms with van der Waals surface area (Å²) in [5.74, 6) is -1.01. The van der Waals surface area contributed by atoms with Crippen molar-refractivity contribution in [3.05, 3.63) is 158 Å². The number of unbranched alkanes of at least 4 members (excludes halogenated alkanes) is 16. The number of carbonyl (C=O) groups is 3. The fourth-order valence-corrected chi connectivity index (χ4v) is 6.26. The van der Waals surface area contributed by atoms with Crippen molar-refractivity contribution in [2.75, 3.05) is 13.2 Å². The zero-order chi connectivity index (χ0) is 47.9. The molecule has 0 aliphatic rings. The molecule has 0 saturated heterocycles. The van der Waals surface area contributed by atoms with Crippen LogP contribution in [0.25, 0.3) is 0 Å². The molecule has 0 amide bonds. The highest BCUT2D eigenvalue weighted by Crippen LogP contribution is 2.13. The van der Waals surface area contributed by atoms with E-state index in [9.17, 15) is 14.4 Å². The maximum atomic E-state index is 12.8. The summed E-state index contributed by atoms with van der Waals surface area (Å²) in [6.07, 6.45) is 76.4. The van der Waals surface area contributed by atoms with E-state index < -0.39 is 6.10 Å². The van der Waals surface area contributed by atoms with Crippen LogP contribution in [-0.4, -0.2) is 37.2 Å². The van der Waals surface area contributed by atoms with E-state index in [1.807, 2.05) is 85.1 Å². The second-order valence-corrected chi connectivity index (χ2v) is 16.3. The van der Waals surface area contributed by atoms with Gasteiger partial charge in [-0.1, -0.05) is 243 Å². The Balaban J connectivity index is 4.58. The van der Waals surface area contributed by atoms with Crippen molar-refractivity contribution < 1.29 is 28.6 Å². The predicted octanol–water partition coefficient (Wildman–Crippen LogP) is 17.0. The molecule has 6 nitrogen and oxygen atoms in total. The molecule has 1 atom stereocenters. The van der Waals surface area contributed by atoms with Crippen molar-refractivity contribution in [3.8, 4) is 0 Å². The molecule has 366 valence electrons. The lowest BCUT2D eigenvalue weighted by Crippen LogP contribution is -2.30. The minimum atomic E-state index is -0.824. The second-order valence-electron chi connectivity index (χ2n) is 16.3. The molecule has 0 rings (SSSR count). The number of rotatable bonds is 43. The van der Waals surface area contributed by atoms with Gasteiger partial charge in [0.2, 0.25) is 0 Å². The quantitative estimate of drug-likeness (QED) is 0.0262.